The van der Waals surface area contributed by atoms with E-state index in [4.69, 9.17) is 10.5 Å². The molecule has 1 aromatic rings. The minimum atomic E-state index is -0.0185. The Hall–Kier alpha value is -0.900. The number of ether oxygens (including phenoxy) is 1. The third-order valence-electron chi connectivity index (χ3n) is 3.87. The van der Waals surface area contributed by atoms with Crippen molar-refractivity contribution in [2.24, 2.45) is 5.73 Å². The summed E-state index contributed by atoms with van der Waals surface area (Å²) in [6, 6.07) is 10.6. The first-order chi connectivity index (χ1) is 8.26. The lowest BCUT2D eigenvalue weighted by atomic mass is 10.1. The van der Waals surface area contributed by atoms with Crippen LogP contribution in [0.15, 0.2) is 30.3 Å². The van der Waals surface area contributed by atoms with Crippen LogP contribution in [0.5, 0.6) is 0 Å². The van der Waals surface area contributed by atoms with Gasteiger partial charge >= 0.3 is 0 Å². The van der Waals surface area contributed by atoms with E-state index in [1.54, 1.807) is 0 Å². The quantitative estimate of drug-likeness (QED) is 0.855. The van der Waals surface area contributed by atoms with Gasteiger partial charge in [-0.15, -0.1) is 0 Å². The number of hydrogen-bond donors (Lipinski definition) is 1. The van der Waals surface area contributed by atoms with E-state index in [1.807, 2.05) is 0 Å². The first-order valence-electron chi connectivity index (χ1n) is 6.43. The number of benzene rings is 1. The maximum atomic E-state index is 6.23. The van der Waals surface area contributed by atoms with E-state index in [9.17, 15) is 0 Å². The molecular weight excluding hydrogens is 212 g/mol. The molecule has 1 aromatic carbocycles. The lowest BCUT2D eigenvalue weighted by Gasteiger charge is -2.36. The van der Waals surface area contributed by atoms with Gasteiger partial charge in [-0.25, -0.2) is 0 Å². The zero-order valence-corrected chi connectivity index (χ0v) is 10.1. The van der Waals surface area contributed by atoms with Crippen LogP contribution >= 0.6 is 0 Å². The normalized spacial score (nSPS) is 27.9. The van der Waals surface area contributed by atoms with Gasteiger partial charge in [0.25, 0.3) is 0 Å². The molecule has 92 valence electrons. The molecule has 0 amide bonds. The van der Waals surface area contributed by atoms with Gasteiger partial charge in [0.05, 0.1) is 12.7 Å². The Morgan fingerprint density at radius 3 is 2.76 bits per heavy atom. The van der Waals surface area contributed by atoms with Gasteiger partial charge in [0.1, 0.15) is 0 Å². The third kappa shape index (κ3) is 2.51. The van der Waals surface area contributed by atoms with Crippen LogP contribution in [0.1, 0.15) is 18.4 Å². The molecule has 2 aliphatic rings. The Balaban J connectivity index is 1.60. The van der Waals surface area contributed by atoms with Crippen molar-refractivity contribution in [3.05, 3.63) is 35.9 Å². The second-order valence-corrected chi connectivity index (χ2v) is 5.31. The molecule has 1 atom stereocenters. The van der Waals surface area contributed by atoms with E-state index in [1.165, 1.54) is 5.56 Å². The molecule has 3 rings (SSSR count). The molecule has 0 radical (unpaired) electrons. The number of morpholine rings is 1. The summed E-state index contributed by atoms with van der Waals surface area (Å²) in [7, 11) is 0. The van der Waals surface area contributed by atoms with Crippen LogP contribution in [-0.2, 0) is 11.3 Å². The first-order valence-corrected chi connectivity index (χ1v) is 6.43. The smallest absolute Gasteiger partial charge is 0.0881 e. The lowest BCUT2D eigenvalue weighted by Crippen LogP contribution is -2.51. The van der Waals surface area contributed by atoms with Crippen molar-refractivity contribution < 1.29 is 4.74 Å². The van der Waals surface area contributed by atoms with Gasteiger partial charge in [-0.1, -0.05) is 30.3 Å². The molecule has 1 aliphatic heterocycles. The Morgan fingerprint density at radius 1 is 1.29 bits per heavy atom. The Kier molecular flexibility index (Phi) is 2.90. The van der Waals surface area contributed by atoms with Crippen molar-refractivity contribution in [3.63, 3.8) is 0 Å². The van der Waals surface area contributed by atoms with Crippen molar-refractivity contribution in [1.82, 2.24) is 4.90 Å². The number of nitrogens with two attached hydrogens (primary N) is 1. The van der Waals surface area contributed by atoms with Gasteiger partial charge < -0.3 is 10.5 Å². The molecule has 0 bridgehead atoms. The number of rotatable bonds is 3. The molecule has 3 heteroatoms. The summed E-state index contributed by atoms with van der Waals surface area (Å²) in [5.74, 6) is 0. The molecular formula is C14H20N2O. The summed E-state index contributed by atoms with van der Waals surface area (Å²) in [5.41, 5.74) is 7.58. The Bertz CT molecular complexity index is 375. The highest BCUT2D eigenvalue weighted by molar-refractivity contribution is 5.15. The molecule has 3 nitrogen and oxygen atoms in total. The monoisotopic (exact) mass is 232 g/mol. The van der Waals surface area contributed by atoms with E-state index in [2.05, 4.69) is 35.2 Å². The van der Waals surface area contributed by atoms with Crippen LogP contribution in [0, 0.1) is 0 Å². The predicted octanol–water partition coefficient (Wildman–Crippen LogP) is 1.38. The van der Waals surface area contributed by atoms with Crippen molar-refractivity contribution in [1.29, 1.82) is 0 Å². The molecule has 0 spiro atoms. The van der Waals surface area contributed by atoms with Crippen molar-refractivity contribution in [2.45, 2.75) is 31.0 Å². The summed E-state index contributed by atoms with van der Waals surface area (Å²) in [6.45, 7) is 3.82. The summed E-state index contributed by atoms with van der Waals surface area (Å²) in [5, 5.41) is 0. The fourth-order valence-corrected chi connectivity index (χ4v) is 2.50. The highest BCUT2D eigenvalue weighted by atomic mass is 16.5. The summed E-state index contributed by atoms with van der Waals surface area (Å²) >= 11 is 0. The zero-order chi connectivity index (χ0) is 11.7. The van der Waals surface area contributed by atoms with Crippen molar-refractivity contribution in [2.75, 3.05) is 19.7 Å². The predicted molar refractivity (Wildman–Crippen MR) is 67.6 cm³/mol. The van der Waals surface area contributed by atoms with Crippen LogP contribution in [0.2, 0.25) is 0 Å². The maximum Gasteiger partial charge on any atom is 0.0881 e. The van der Waals surface area contributed by atoms with Gasteiger partial charge in [0.2, 0.25) is 0 Å². The molecule has 1 aliphatic carbocycles. The fraction of sp³-hybridized carbons (Fsp3) is 0.571. The van der Waals surface area contributed by atoms with E-state index in [0.29, 0.717) is 0 Å². The molecule has 17 heavy (non-hydrogen) atoms. The van der Waals surface area contributed by atoms with Crippen molar-refractivity contribution >= 4 is 0 Å². The SMILES string of the molecule is NC1(C2CN(Cc3ccccc3)CCO2)CC1. The average molecular weight is 232 g/mol. The molecule has 1 unspecified atom stereocenters. The van der Waals surface area contributed by atoms with Gasteiger partial charge in [-0.05, 0) is 18.4 Å². The van der Waals surface area contributed by atoms with Crippen LogP contribution < -0.4 is 5.73 Å². The lowest BCUT2D eigenvalue weighted by molar-refractivity contribution is -0.0483. The van der Waals surface area contributed by atoms with Gasteiger partial charge in [0, 0.05) is 25.2 Å². The highest BCUT2D eigenvalue weighted by Crippen LogP contribution is 2.38. The molecule has 1 saturated carbocycles. The number of hydrogen-bond acceptors (Lipinski definition) is 3. The fourth-order valence-electron chi connectivity index (χ4n) is 2.50. The van der Waals surface area contributed by atoms with E-state index < -0.39 is 0 Å². The molecule has 2 N–H and O–H groups in total. The topological polar surface area (TPSA) is 38.5 Å². The van der Waals surface area contributed by atoms with Gasteiger partial charge in [-0.2, -0.15) is 0 Å². The van der Waals surface area contributed by atoms with Crippen LogP contribution in [-0.4, -0.2) is 36.2 Å². The van der Waals surface area contributed by atoms with Crippen LogP contribution in [0.25, 0.3) is 0 Å². The standard InChI is InChI=1S/C14H20N2O/c15-14(6-7-14)13-11-16(8-9-17-13)10-12-4-2-1-3-5-12/h1-5,13H,6-11,15H2. The minimum absolute atomic E-state index is 0.0185. The minimum Gasteiger partial charge on any atom is -0.374 e. The zero-order valence-electron chi connectivity index (χ0n) is 10.1. The van der Waals surface area contributed by atoms with E-state index in [0.717, 1.165) is 39.1 Å². The first kappa shape index (κ1) is 11.2. The number of nitrogens with zero attached hydrogens (tertiary/aromatic N) is 1. The molecule has 0 aromatic heterocycles. The second kappa shape index (κ2) is 4.41. The molecule has 1 heterocycles. The molecule has 1 saturated heterocycles. The average Bonchev–Trinajstić information content (AvgIpc) is 3.11. The second-order valence-electron chi connectivity index (χ2n) is 5.31. The summed E-state index contributed by atoms with van der Waals surface area (Å²) in [6.07, 6.45) is 2.48. The van der Waals surface area contributed by atoms with Crippen molar-refractivity contribution in [3.8, 4) is 0 Å². The van der Waals surface area contributed by atoms with E-state index in [-0.39, 0.29) is 11.6 Å². The molecule has 2 fully saturated rings. The Labute approximate surface area is 103 Å². The van der Waals surface area contributed by atoms with Crippen LogP contribution in [0.4, 0.5) is 0 Å². The van der Waals surface area contributed by atoms with Crippen LogP contribution in [0.3, 0.4) is 0 Å². The Morgan fingerprint density at radius 2 is 2.06 bits per heavy atom. The van der Waals surface area contributed by atoms with E-state index >= 15 is 0 Å². The summed E-state index contributed by atoms with van der Waals surface area (Å²) < 4.78 is 5.81. The van der Waals surface area contributed by atoms with Gasteiger partial charge in [-0.3, -0.25) is 4.90 Å². The maximum absolute atomic E-state index is 6.23. The largest absolute Gasteiger partial charge is 0.374 e. The summed E-state index contributed by atoms with van der Waals surface area (Å²) in [4.78, 5) is 2.45. The van der Waals surface area contributed by atoms with Gasteiger partial charge in [0.15, 0.2) is 0 Å². The third-order valence-corrected chi connectivity index (χ3v) is 3.87. The highest BCUT2D eigenvalue weighted by Gasteiger charge is 2.48.